The number of nitrogens with one attached hydrogen (secondary N) is 1. The molecule has 0 saturated carbocycles. The molecule has 29 heavy (non-hydrogen) atoms. The van der Waals surface area contributed by atoms with Gasteiger partial charge in [0.25, 0.3) is 11.8 Å². The van der Waals surface area contributed by atoms with E-state index in [0.29, 0.717) is 37.2 Å². The number of piperidine rings is 1. The fourth-order valence-corrected chi connectivity index (χ4v) is 5.50. The van der Waals surface area contributed by atoms with Crippen LogP contribution in [-0.4, -0.2) is 45.3 Å². The number of ether oxygens (including phenoxy) is 1. The Morgan fingerprint density at radius 1 is 1.31 bits per heavy atom. The van der Waals surface area contributed by atoms with E-state index < -0.39 is 5.72 Å². The summed E-state index contributed by atoms with van der Waals surface area (Å²) in [5.41, 5.74) is 0.701. The lowest BCUT2D eigenvalue weighted by molar-refractivity contribution is -0.0244. The molecule has 150 valence electrons. The molecule has 7 nitrogen and oxygen atoms in total. The molecule has 1 fully saturated rings. The maximum Gasteiger partial charge on any atom is 0.264 e. The van der Waals surface area contributed by atoms with Crippen molar-refractivity contribution in [1.82, 2.24) is 20.0 Å². The molecule has 0 atom stereocenters. The van der Waals surface area contributed by atoms with Crippen LogP contribution in [0.4, 0.5) is 0 Å². The predicted molar refractivity (Wildman–Crippen MR) is 113 cm³/mol. The van der Waals surface area contributed by atoms with E-state index in [1.165, 1.54) is 11.3 Å². The molecule has 9 heteroatoms. The van der Waals surface area contributed by atoms with Gasteiger partial charge in [-0.25, -0.2) is 0 Å². The topological polar surface area (TPSA) is 76.5 Å². The van der Waals surface area contributed by atoms with Gasteiger partial charge in [0, 0.05) is 42.8 Å². The average molecular weight is 475 g/mol. The van der Waals surface area contributed by atoms with Crippen molar-refractivity contribution in [3.8, 4) is 5.75 Å². The van der Waals surface area contributed by atoms with E-state index in [0.717, 1.165) is 25.3 Å². The van der Waals surface area contributed by atoms with E-state index >= 15 is 0 Å². The number of halogens is 1. The third-order valence-electron chi connectivity index (χ3n) is 5.60. The Hall–Kier alpha value is -2.39. The number of carbonyl (C=O) groups is 2. The predicted octanol–water partition coefficient (Wildman–Crippen LogP) is 3.46. The van der Waals surface area contributed by atoms with Crippen LogP contribution in [0.5, 0.6) is 5.75 Å². The minimum Gasteiger partial charge on any atom is -0.467 e. The van der Waals surface area contributed by atoms with Crippen molar-refractivity contribution in [2.24, 2.45) is 7.05 Å². The molecular formula is C20H19BrN4O3S. The standard InChI is InChI=1S/C20H19BrN4O3S/c1-11-13-10-16(29-19(13)24(2)23-11)18(27)25-7-5-20(6-8-25)22-17(26)14-9-12(21)3-4-15(14)28-20/h3-4,9-10H,5-8H2,1-2H3,(H,22,26). The number of likely N-dealkylation sites (tertiary alicyclic amines) is 1. The number of benzene rings is 1. The van der Waals surface area contributed by atoms with Crippen LogP contribution in [0.1, 0.15) is 38.6 Å². The molecule has 5 rings (SSSR count). The van der Waals surface area contributed by atoms with Gasteiger partial charge in [-0.1, -0.05) is 15.9 Å². The first-order chi connectivity index (χ1) is 13.8. The molecule has 3 aromatic rings. The van der Waals surface area contributed by atoms with Crippen LogP contribution in [-0.2, 0) is 7.05 Å². The van der Waals surface area contributed by atoms with Gasteiger partial charge in [0.15, 0.2) is 5.72 Å². The van der Waals surface area contributed by atoms with E-state index in [2.05, 4.69) is 26.3 Å². The monoisotopic (exact) mass is 474 g/mol. The first-order valence-electron chi connectivity index (χ1n) is 9.39. The smallest absolute Gasteiger partial charge is 0.264 e. The molecule has 1 spiro atoms. The van der Waals surface area contributed by atoms with Gasteiger partial charge in [-0.15, -0.1) is 11.3 Å². The SMILES string of the molecule is Cc1nn(C)c2sc(C(=O)N3CCC4(CC3)NC(=O)c3cc(Br)ccc3O4)cc12. The number of thiophene rings is 1. The fourth-order valence-electron chi connectivity index (χ4n) is 4.04. The zero-order valence-electron chi connectivity index (χ0n) is 16.0. The number of hydrogen-bond donors (Lipinski definition) is 1. The molecule has 0 radical (unpaired) electrons. The Morgan fingerprint density at radius 2 is 2.07 bits per heavy atom. The minimum atomic E-state index is -0.755. The molecule has 0 bridgehead atoms. The summed E-state index contributed by atoms with van der Waals surface area (Å²) in [6, 6.07) is 7.36. The van der Waals surface area contributed by atoms with Crippen LogP contribution in [0.15, 0.2) is 28.7 Å². The number of aryl methyl sites for hydroxylation is 2. The molecule has 0 unspecified atom stereocenters. The molecule has 1 N–H and O–H groups in total. The number of carbonyl (C=O) groups excluding carboxylic acids is 2. The fraction of sp³-hybridized carbons (Fsp3) is 0.350. The molecule has 4 heterocycles. The van der Waals surface area contributed by atoms with Gasteiger partial charge in [0.1, 0.15) is 10.6 Å². The summed E-state index contributed by atoms with van der Waals surface area (Å²) < 4.78 is 8.84. The molecule has 2 aromatic heterocycles. The first kappa shape index (κ1) is 18.6. The van der Waals surface area contributed by atoms with E-state index in [4.69, 9.17) is 4.74 Å². The van der Waals surface area contributed by atoms with Crippen molar-refractivity contribution in [3.63, 3.8) is 0 Å². The number of aromatic nitrogens is 2. The normalized spacial score (nSPS) is 17.9. The Labute approximate surface area is 179 Å². The summed E-state index contributed by atoms with van der Waals surface area (Å²) in [5, 5.41) is 8.44. The van der Waals surface area contributed by atoms with Crippen molar-refractivity contribution in [2.75, 3.05) is 13.1 Å². The van der Waals surface area contributed by atoms with Crippen LogP contribution in [0.25, 0.3) is 10.2 Å². The van der Waals surface area contributed by atoms with Crippen LogP contribution in [0.3, 0.4) is 0 Å². The summed E-state index contributed by atoms with van der Waals surface area (Å²) in [7, 11) is 1.89. The highest BCUT2D eigenvalue weighted by Crippen LogP contribution is 2.36. The molecule has 1 aromatic carbocycles. The largest absolute Gasteiger partial charge is 0.467 e. The van der Waals surface area contributed by atoms with E-state index in [-0.39, 0.29) is 11.8 Å². The lowest BCUT2D eigenvalue weighted by Gasteiger charge is -2.44. The second kappa shape index (κ2) is 6.56. The van der Waals surface area contributed by atoms with Crippen molar-refractivity contribution in [2.45, 2.75) is 25.5 Å². The third kappa shape index (κ3) is 3.03. The summed E-state index contributed by atoms with van der Waals surface area (Å²) >= 11 is 4.86. The zero-order chi connectivity index (χ0) is 20.3. The van der Waals surface area contributed by atoms with Crippen LogP contribution in [0.2, 0.25) is 0 Å². The second-order valence-corrected chi connectivity index (χ2v) is 9.47. The number of hydrogen-bond acceptors (Lipinski definition) is 5. The van der Waals surface area contributed by atoms with Gasteiger partial charge < -0.3 is 15.0 Å². The molecule has 2 amide bonds. The molecule has 0 aliphatic carbocycles. The summed E-state index contributed by atoms with van der Waals surface area (Å²) in [6.45, 7) is 3.00. The van der Waals surface area contributed by atoms with Crippen molar-refractivity contribution in [1.29, 1.82) is 0 Å². The van der Waals surface area contributed by atoms with Crippen molar-refractivity contribution < 1.29 is 14.3 Å². The molecule has 2 aliphatic heterocycles. The lowest BCUT2D eigenvalue weighted by Crippen LogP contribution is -2.61. The first-order valence-corrected chi connectivity index (χ1v) is 11.0. The Morgan fingerprint density at radius 3 is 2.79 bits per heavy atom. The minimum absolute atomic E-state index is 0.0203. The van der Waals surface area contributed by atoms with Gasteiger partial charge in [-0.3, -0.25) is 14.3 Å². The van der Waals surface area contributed by atoms with E-state index in [1.807, 2.05) is 41.8 Å². The molecule has 1 saturated heterocycles. The number of rotatable bonds is 1. The highest BCUT2D eigenvalue weighted by Gasteiger charge is 2.43. The maximum absolute atomic E-state index is 13.0. The summed E-state index contributed by atoms with van der Waals surface area (Å²) in [5.74, 6) is 0.468. The number of fused-ring (bicyclic) bond motifs is 2. The summed E-state index contributed by atoms with van der Waals surface area (Å²) in [4.78, 5) is 29.2. The maximum atomic E-state index is 13.0. The van der Waals surface area contributed by atoms with Gasteiger partial charge in [0.2, 0.25) is 0 Å². The van der Waals surface area contributed by atoms with E-state index in [1.54, 1.807) is 6.07 Å². The molecular weight excluding hydrogens is 456 g/mol. The van der Waals surface area contributed by atoms with Crippen LogP contribution < -0.4 is 10.1 Å². The lowest BCUT2D eigenvalue weighted by atomic mass is 9.96. The van der Waals surface area contributed by atoms with Crippen molar-refractivity contribution >= 4 is 49.3 Å². The highest BCUT2D eigenvalue weighted by atomic mass is 79.9. The van der Waals surface area contributed by atoms with Crippen LogP contribution in [0, 0.1) is 6.92 Å². The third-order valence-corrected chi connectivity index (χ3v) is 7.28. The second-order valence-electron chi connectivity index (χ2n) is 7.52. The quantitative estimate of drug-likeness (QED) is 0.585. The Balaban J connectivity index is 1.33. The highest BCUT2D eigenvalue weighted by molar-refractivity contribution is 9.10. The average Bonchev–Trinajstić information content (AvgIpc) is 3.24. The van der Waals surface area contributed by atoms with Crippen molar-refractivity contribution in [3.05, 3.63) is 44.9 Å². The zero-order valence-corrected chi connectivity index (χ0v) is 18.4. The van der Waals surface area contributed by atoms with Gasteiger partial charge in [-0.05, 0) is 31.2 Å². The van der Waals surface area contributed by atoms with Gasteiger partial charge in [-0.2, -0.15) is 5.10 Å². The Kier molecular flexibility index (Phi) is 4.22. The number of amides is 2. The molecule has 2 aliphatic rings. The summed E-state index contributed by atoms with van der Waals surface area (Å²) in [6.07, 6.45) is 1.09. The van der Waals surface area contributed by atoms with Gasteiger partial charge in [0.05, 0.1) is 16.1 Å². The van der Waals surface area contributed by atoms with Gasteiger partial charge >= 0.3 is 0 Å². The Bertz CT molecular complexity index is 1130. The number of nitrogens with zero attached hydrogens (tertiary/aromatic N) is 3. The van der Waals surface area contributed by atoms with E-state index in [9.17, 15) is 9.59 Å². The van der Waals surface area contributed by atoms with Crippen LogP contribution >= 0.6 is 27.3 Å².